The molecule has 0 atom stereocenters. The molecule has 0 saturated carbocycles. The third kappa shape index (κ3) is 2.42. The molecule has 20 heavy (non-hydrogen) atoms. The highest BCUT2D eigenvalue weighted by Crippen LogP contribution is 2.42. The van der Waals surface area contributed by atoms with Crippen LogP contribution < -0.4 is 25.8 Å². The van der Waals surface area contributed by atoms with Crippen LogP contribution in [0.15, 0.2) is 12.1 Å². The minimum atomic E-state index is 0.465. The molecular weight excluding hydrogens is 256 g/mol. The summed E-state index contributed by atoms with van der Waals surface area (Å²) < 4.78 is 11.6. The van der Waals surface area contributed by atoms with Gasteiger partial charge in [0.25, 0.3) is 0 Å². The number of nitrogens with two attached hydrogens (primary N) is 2. The molecule has 0 unspecified atom stereocenters. The molecule has 1 aromatic carbocycles. The number of rotatable bonds is 3. The van der Waals surface area contributed by atoms with Gasteiger partial charge < -0.3 is 25.8 Å². The molecule has 0 radical (unpaired) electrons. The van der Waals surface area contributed by atoms with Crippen LogP contribution in [0.5, 0.6) is 11.5 Å². The van der Waals surface area contributed by atoms with Crippen molar-refractivity contribution in [3.63, 3.8) is 0 Å². The zero-order valence-corrected chi connectivity index (χ0v) is 11.7. The topological polar surface area (TPSA) is 77.0 Å². The van der Waals surface area contributed by atoms with Gasteiger partial charge in [-0.05, 0) is 6.07 Å². The van der Waals surface area contributed by atoms with E-state index in [1.165, 1.54) is 0 Å². The fourth-order valence-electron chi connectivity index (χ4n) is 2.76. The summed E-state index contributed by atoms with van der Waals surface area (Å²) in [7, 11) is 0. The highest BCUT2D eigenvalue weighted by Gasteiger charge is 2.25. The number of hydrogen-bond donors (Lipinski definition) is 2. The second kappa shape index (κ2) is 5.87. The summed E-state index contributed by atoms with van der Waals surface area (Å²) in [6.45, 7) is 6.13. The van der Waals surface area contributed by atoms with E-state index in [9.17, 15) is 0 Å². The Labute approximate surface area is 119 Å². The molecule has 0 bridgehead atoms. The smallest absolute Gasteiger partial charge is 0.184 e. The number of fused-ring (bicyclic) bond motifs is 1. The van der Waals surface area contributed by atoms with Gasteiger partial charge in [-0.25, -0.2) is 0 Å². The van der Waals surface area contributed by atoms with Crippen molar-refractivity contribution in [2.24, 2.45) is 11.5 Å². The minimum absolute atomic E-state index is 0.465. The summed E-state index contributed by atoms with van der Waals surface area (Å²) in [5.74, 6) is 1.66. The molecule has 1 saturated heterocycles. The average molecular weight is 278 g/mol. The van der Waals surface area contributed by atoms with E-state index < -0.39 is 0 Å². The zero-order chi connectivity index (χ0) is 13.9. The molecule has 2 heterocycles. The van der Waals surface area contributed by atoms with Crippen LogP contribution in [0.1, 0.15) is 5.56 Å². The first-order valence-corrected chi connectivity index (χ1v) is 7.12. The lowest BCUT2D eigenvalue weighted by atomic mass is 10.1. The van der Waals surface area contributed by atoms with E-state index in [0.717, 1.165) is 48.9 Å². The normalized spacial score (nSPS) is 19.2. The van der Waals surface area contributed by atoms with Gasteiger partial charge in [-0.15, -0.1) is 0 Å². The monoisotopic (exact) mass is 278 g/mol. The quantitative estimate of drug-likeness (QED) is 0.807. The van der Waals surface area contributed by atoms with Crippen LogP contribution in [-0.4, -0.2) is 51.0 Å². The van der Waals surface area contributed by atoms with Crippen molar-refractivity contribution < 1.29 is 9.47 Å². The van der Waals surface area contributed by atoms with Gasteiger partial charge in [-0.1, -0.05) is 6.07 Å². The molecule has 0 spiro atoms. The Morgan fingerprint density at radius 1 is 0.950 bits per heavy atom. The predicted molar refractivity (Wildman–Crippen MR) is 78.2 cm³/mol. The Kier molecular flexibility index (Phi) is 3.95. The number of piperazine rings is 1. The maximum Gasteiger partial charge on any atom is 0.184 e. The largest absolute Gasteiger partial charge is 0.486 e. The van der Waals surface area contributed by atoms with Crippen molar-refractivity contribution in [1.29, 1.82) is 0 Å². The van der Waals surface area contributed by atoms with E-state index in [1.54, 1.807) is 0 Å². The van der Waals surface area contributed by atoms with Gasteiger partial charge in [-0.2, -0.15) is 0 Å². The summed E-state index contributed by atoms with van der Waals surface area (Å²) in [6, 6.07) is 4.13. The predicted octanol–water partition coefficient (Wildman–Crippen LogP) is -0.0453. The van der Waals surface area contributed by atoms with Crippen LogP contribution in [0.3, 0.4) is 0 Å². The van der Waals surface area contributed by atoms with Gasteiger partial charge in [0.15, 0.2) is 11.5 Å². The molecule has 1 fully saturated rings. The van der Waals surface area contributed by atoms with Crippen molar-refractivity contribution in [3.05, 3.63) is 17.7 Å². The van der Waals surface area contributed by atoms with Crippen molar-refractivity contribution in [2.75, 3.05) is 51.0 Å². The molecule has 3 rings (SSSR count). The van der Waals surface area contributed by atoms with Crippen LogP contribution in [0.25, 0.3) is 0 Å². The standard InChI is InChI=1S/C14H22N4O2/c15-9-11-1-2-12(14-13(11)19-7-8-20-14)18-5-3-17(10-16)4-6-18/h1-2H,3-10,15-16H2. The summed E-state index contributed by atoms with van der Waals surface area (Å²) in [5.41, 5.74) is 13.6. The fourth-order valence-corrected chi connectivity index (χ4v) is 2.76. The van der Waals surface area contributed by atoms with E-state index in [4.69, 9.17) is 20.9 Å². The lowest BCUT2D eigenvalue weighted by molar-refractivity contribution is 0.170. The van der Waals surface area contributed by atoms with Crippen molar-refractivity contribution in [1.82, 2.24) is 4.90 Å². The summed E-state index contributed by atoms with van der Waals surface area (Å²) >= 11 is 0. The van der Waals surface area contributed by atoms with Gasteiger partial charge in [0.2, 0.25) is 0 Å². The van der Waals surface area contributed by atoms with E-state index in [0.29, 0.717) is 26.4 Å². The third-order valence-electron chi connectivity index (χ3n) is 3.94. The molecule has 4 N–H and O–H groups in total. The summed E-state index contributed by atoms with van der Waals surface area (Å²) in [4.78, 5) is 4.58. The molecule has 6 heteroatoms. The third-order valence-corrected chi connectivity index (χ3v) is 3.94. The van der Waals surface area contributed by atoms with Crippen LogP contribution in [0, 0.1) is 0 Å². The van der Waals surface area contributed by atoms with Crippen LogP contribution in [0.4, 0.5) is 5.69 Å². The Bertz CT molecular complexity index is 472. The number of benzene rings is 1. The lowest BCUT2D eigenvalue weighted by Gasteiger charge is -2.37. The van der Waals surface area contributed by atoms with Gasteiger partial charge in [0, 0.05) is 45.0 Å². The van der Waals surface area contributed by atoms with E-state index in [1.807, 2.05) is 6.07 Å². The number of hydrogen-bond acceptors (Lipinski definition) is 6. The Morgan fingerprint density at radius 3 is 2.30 bits per heavy atom. The second-order valence-corrected chi connectivity index (χ2v) is 5.09. The first kappa shape index (κ1) is 13.5. The highest BCUT2D eigenvalue weighted by molar-refractivity contribution is 5.68. The minimum Gasteiger partial charge on any atom is -0.486 e. The van der Waals surface area contributed by atoms with E-state index in [-0.39, 0.29) is 0 Å². The molecule has 0 amide bonds. The lowest BCUT2D eigenvalue weighted by Crippen LogP contribution is -2.48. The van der Waals surface area contributed by atoms with E-state index >= 15 is 0 Å². The zero-order valence-electron chi connectivity index (χ0n) is 11.7. The fraction of sp³-hybridized carbons (Fsp3) is 0.571. The molecule has 0 aliphatic carbocycles. The number of nitrogens with zero attached hydrogens (tertiary/aromatic N) is 2. The molecular formula is C14H22N4O2. The number of anilines is 1. The summed E-state index contributed by atoms with van der Waals surface area (Å²) in [6.07, 6.45) is 0. The van der Waals surface area contributed by atoms with Gasteiger partial charge in [-0.3, -0.25) is 4.90 Å². The maximum absolute atomic E-state index is 5.84. The molecule has 0 aromatic heterocycles. The van der Waals surface area contributed by atoms with E-state index in [2.05, 4.69) is 15.9 Å². The molecule has 110 valence electrons. The highest BCUT2D eigenvalue weighted by atomic mass is 16.6. The SMILES string of the molecule is NCc1ccc(N2CCN(CN)CC2)c2c1OCCO2. The Balaban J connectivity index is 1.87. The van der Waals surface area contributed by atoms with Crippen LogP contribution in [0.2, 0.25) is 0 Å². The van der Waals surface area contributed by atoms with Gasteiger partial charge >= 0.3 is 0 Å². The van der Waals surface area contributed by atoms with Crippen LogP contribution in [-0.2, 0) is 6.54 Å². The number of ether oxygens (including phenoxy) is 2. The second-order valence-electron chi connectivity index (χ2n) is 5.09. The first-order chi connectivity index (χ1) is 9.83. The van der Waals surface area contributed by atoms with Gasteiger partial charge in [0.05, 0.1) is 5.69 Å². The first-order valence-electron chi connectivity index (χ1n) is 7.12. The average Bonchev–Trinajstić information content (AvgIpc) is 2.54. The Morgan fingerprint density at radius 2 is 1.65 bits per heavy atom. The molecule has 2 aliphatic rings. The van der Waals surface area contributed by atoms with Crippen LogP contribution >= 0.6 is 0 Å². The van der Waals surface area contributed by atoms with Crippen molar-refractivity contribution in [3.8, 4) is 11.5 Å². The van der Waals surface area contributed by atoms with Crippen molar-refractivity contribution >= 4 is 5.69 Å². The molecule has 2 aliphatic heterocycles. The molecule has 1 aromatic rings. The Hall–Kier alpha value is -1.50. The molecule has 6 nitrogen and oxygen atoms in total. The van der Waals surface area contributed by atoms with Crippen molar-refractivity contribution in [2.45, 2.75) is 6.54 Å². The summed E-state index contributed by atoms with van der Waals surface area (Å²) in [5, 5.41) is 0. The van der Waals surface area contributed by atoms with Gasteiger partial charge in [0.1, 0.15) is 13.2 Å². The maximum atomic E-state index is 5.84.